The van der Waals surface area contributed by atoms with E-state index in [9.17, 15) is 10.1 Å². The molecule has 7 heteroatoms. The molecule has 7 nitrogen and oxygen atoms in total. The molecular weight excluding hydrogens is 282 g/mol. The first-order chi connectivity index (χ1) is 10.8. The largest absolute Gasteiger partial charge is 0.314 e. The third-order valence-corrected chi connectivity index (χ3v) is 3.74. The second-order valence-electron chi connectivity index (χ2n) is 5.45. The lowest BCUT2D eigenvalue weighted by Gasteiger charge is -2.21. The fourth-order valence-corrected chi connectivity index (χ4v) is 2.59. The van der Waals surface area contributed by atoms with Gasteiger partial charge in [-0.25, -0.2) is 0 Å². The molecule has 0 radical (unpaired) electrons. The highest BCUT2D eigenvalue weighted by atomic mass is 16.6. The summed E-state index contributed by atoms with van der Waals surface area (Å²) in [7, 11) is 0. The van der Waals surface area contributed by atoms with E-state index in [0.29, 0.717) is 6.42 Å². The van der Waals surface area contributed by atoms with Gasteiger partial charge in [-0.15, -0.1) is 0 Å². The molecule has 0 aliphatic carbocycles. The summed E-state index contributed by atoms with van der Waals surface area (Å²) in [4.78, 5) is 10.8. The van der Waals surface area contributed by atoms with E-state index in [4.69, 9.17) is 0 Å². The van der Waals surface area contributed by atoms with E-state index < -0.39 is 0 Å². The fourth-order valence-electron chi connectivity index (χ4n) is 2.59. The van der Waals surface area contributed by atoms with Gasteiger partial charge in [0.15, 0.2) is 0 Å². The van der Waals surface area contributed by atoms with Gasteiger partial charge in [0.05, 0.1) is 4.92 Å². The quantitative estimate of drug-likeness (QED) is 0.460. The van der Waals surface area contributed by atoms with Crippen LogP contribution in [0.25, 0.3) is 0 Å². The molecule has 1 aliphatic heterocycles. The molecular formula is C15H25N5O2. The number of nitrogens with one attached hydrogen (secondary N) is 4. The molecule has 1 atom stereocenters. The number of nitrogens with zero attached hydrogens (tertiary/aromatic N) is 1. The summed E-state index contributed by atoms with van der Waals surface area (Å²) in [6.07, 6.45) is 0.650. The monoisotopic (exact) mass is 307 g/mol. The Hall–Kier alpha value is -1.54. The summed E-state index contributed by atoms with van der Waals surface area (Å²) in [5, 5.41) is 24.7. The van der Waals surface area contributed by atoms with E-state index in [-0.39, 0.29) is 16.7 Å². The van der Waals surface area contributed by atoms with Crippen LogP contribution >= 0.6 is 0 Å². The Balaban J connectivity index is 1.96. The lowest BCUT2D eigenvalue weighted by Crippen LogP contribution is -2.46. The average molecular weight is 307 g/mol. The summed E-state index contributed by atoms with van der Waals surface area (Å²) < 4.78 is 0. The number of benzene rings is 1. The van der Waals surface area contributed by atoms with Crippen molar-refractivity contribution >= 4 is 5.69 Å². The molecule has 0 spiro atoms. The molecule has 0 saturated carbocycles. The van der Waals surface area contributed by atoms with Gasteiger partial charge >= 0.3 is 0 Å². The van der Waals surface area contributed by atoms with Gasteiger partial charge in [-0.05, 0) is 6.42 Å². The van der Waals surface area contributed by atoms with Crippen LogP contribution in [0, 0.1) is 10.1 Å². The summed E-state index contributed by atoms with van der Waals surface area (Å²) in [5.74, 6) is 0. The molecule has 4 N–H and O–H groups in total. The Morgan fingerprint density at radius 3 is 2.36 bits per heavy atom. The molecule has 122 valence electrons. The zero-order valence-corrected chi connectivity index (χ0v) is 12.8. The summed E-state index contributed by atoms with van der Waals surface area (Å²) in [5.41, 5.74) is 0.986. The van der Waals surface area contributed by atoms with Crippen molar-refractivity contribution in [3.8, 4) is 0 Å². The maximum Gasteiger partial charge on any atom is 0.272 e. The molecule has 1 saturated heterocycles. The minimum absolute atomic E-state index is 0.183. The molecule has 0 amide bonds. The zero-order chi connectivity index (χ0) is 15.6. The van der Waals surface area contributed by atoms with E-state index in [1.165, 1.54) is 0 Å². The van der Waals surface area contributed by atoms with Crippen LogP contribution in [0.15, 0.2) is 24.3 Å². The Kier molecular flexibility index (Phi) is 7.24. The highest BCUT2D eigenvalue weighted by Crippen LogP contribution is 2.19. The second-order valence-corrected chi connectivity index (χ2v) is 5.45. The smallest absolute Gasteiger partial charge is 0.272 e. The number of hydrogen-bond acceptors (Lipinski definition) is 6. The van der Waals surface area contributed by atoms with Crippen LogP contribution in [0.4, 0.5) is 5.69 Å². The predicted molar refractivity (Wildman–Crippen MR) is 87.2 cm³/mol. The van der Waals surface area contributed by atoms with Gasteiger partial charge in [0.1, 0.15) is 0 Å². The van der Waals surface area contributed by atoms with E-state index >= 15 is 0 Å². The SMILES string of the molecule is O=[N+]([O-])c1ccccc1C[C@H]1CNCCNCCNCCN1. The first-order valence-corrected chi connectivity index (χ1v) is 7.85. The maximum absolute atomic E-state index is 11.1. The molecule has 1 aliphatic rings. The van der Waals surface area contributed by atoms with Crippen LogP contribution in [0.1, 0.15) is 5.56 Å². The third-order valence-electron chi connectivity index (χ3n) is 3.74. The highest BCUT2D eigenvalue weighted by Gasteiger charge is 2.17. The molecule has 0 unspecified atom stereocenters. The van der Waals surface area contributed by atoms with Crippen molar-refractivity contribution in [1.29, 1.82) is 0 Å². The van der Waals surface area contributed by atoms with Crippen LogP contribution in [-0.4, -0.2) is 56.8 Å². The molecule has 2 rings (SSSR count). The van der Waals surface area contributed by atoms with Crippen LogP contribution in [0.3, 0.4) is 0 Å². The van der Waals surface area contributed by atoms with Crippen LogP contribution in [-0.2, 0) is 6.42 Å². The fraction of sp³-hybridized carbons (Fsp3) is 0.600. The molecule has 1 aromatic rings. The van der Waals surface area contributed by atoms with Crippen molar-refractivity contribution in [2.45, 2.75) is 12.5 Å². The topological polar surface area (TPSA) is 91.3 Å². The summed E-state index contributed by atoms with van der Waals surface area (Å²) in [6, 6.07) is 7.17. The molecule has 0 bridgehead atoms. The molecule has 1 fully saturated rings. The van der Waals surface area contributed by atoms with Crippen molar-refractivity contribution in [3.05, 3.63) is 39.9 Å². The summed E-state index contributed by atoms with van der Waals surface area (Å²) >= 11 is 0. The van der Waals surface area contributed by atoms with E-state index in [2.05, 4.69) is 21.3 Å². The van der Waals surface area contributed by atoms with Crippen molar-refractivity contribution in [1.82, 2.24) is 21.3 Å². The van der Waals surface area contributed by atoms with Crippen molar-refractivity contribution in [2.24, 2.45) is 0 Å². The van der Waals surface area contributed by atoms with Gasteiger partial charge < -0.3 is 21.3 Å². The lowest BCUT2D eigenvalue weighted by atomic mass is 10.0. The van der Waals surface area contributed by atoms with E-state index in [1.54, 1.807) is 12.1 Å². The van der Waals surface area contributed by atoms with Gasteiger partial charge in [-0.3, -0.25) is 10.1 Å². The number of nitro benzene ring substituents is 1. The second kappa shape index (κ2) is 9.47. The maximum atomic E-state index is 11.1. The third kappa shape index (κ3) is 5.69. The normalized spacial score (nSPS) is 21.5. The van der Waals surface area contributed by atoms with Crippen molar-refractivity contribution in [2.75, 3.05) is 45.8 Å². The summed E-state index contributed by atoms with van der Waals surface area (Å²) in [6.45, 7) is 6.31. The highest BCUT2D eigenvalue weighted by molar-refractivity contribution is 5.40. The zero-order valence-electron chi connectivity index (χ0n) is 12.8. The number of rotatable bonds is 3. The van der Waals surface area contributed by atoms with Gasteiger partial charge in [-0.1, -0.05) is 18.2 Å². The van der Waals surface area contributed by atoms with E-state index in [0.717, 1.165) is 51.4 Å². The lowest BCUT2D eigenvalue weighted by molar-refractivity contribution is -0.385. The predicted octanol–water partition coefficient (Wildman–Crippen LogP) is -0.122. The van der Waals surface area contributed by atoms with E-state index in [1.807, 2.05) is 12.1 Å². The number of hydrogen-bond donors (Lipinski definition) is 4. The average Bonchev–Trinajstić information content (AvgIpc) is 2.50. The van der Waals surface area contributed by atoms with Crippen molar-refractivity contribution < 1.29 is 4.92 Å². The minimum Gasteiger partial charge on any atom is -0.314 e. The number of para-hydroxylation sites is 1. The van der Waals surface area contributed by atoms with Gasteiger partial charge in [0, 0.05) is 63.5 Å². The van der Waals surface area contributed by atoms with Gasteiger partial charge in [0.25, 0.3) is 5.69 Å². The van der Waals surface area contributed by atoms with Gasteiger partial charge in [0.2, 0.25) is 0 Å². The van der Waals surface area contributed by atoms with Crippen LogP contribution in [0.2, 0.25) is 0 Å². The molecule has 1 aromatic carbocycles. The Morgan fingerprint density at radius 2 is 1.64 bits per heavy atom. The molecule has 1 heterocycles. The first-order valence-electron chi connectivity index (χ1n) is 7.85. The number of nitro groups is 1. The Bertz CT molecular complexity index is 457. The first kappa shape index (κ1) is 16.8. The van der Waals surface area contributed by atoms with Gasteiger partial charge in [-0.2, -0.15) is 0 Å². The Morgan fingerprint density at radius 1 is 1.00 bits per heavy atom. The van der Waals surface area contributed by atoms with Crippen molar-refractivity contribution in [3.63, 3.8) is 0 Å². The molecule has 0 aromatic heterocycles. The standard InChI is InChI=1S/C15H25N5O2/c21-20(22)15-4-2-1-3-13(15)11-14-12-18-8-7-16-5-6-17-9-10-19-14/h1-4,14,16-19H,5-12H2/t14-/m0/s1. The molecule has 22 heavy (non-hydrogen) atoms. The Labute approximate surface area is 131 Å². The minimum atomic E-state index is -0.302. The van der Waals surface area contributed by atoms with Crippen LogP contribution < -0.4 is 21.3 Å². The van der Waals surface area contributed by atoms with Crippen LogP contribution in [0.5, 0.6) is 0 Å².